The largest absolute Gasteiger partial charge is 0.489 e. The van der Waals surface area contributed by atoms with Gasteiger partial charge in [0.1, 0.15) is 29.8 Å². The monoisotopic (exact) mass is 429 g/mol. The molecule has 0 atom stereocenters. The molecule has 7 heteroatoms. The molecule has 4 rings (SSSR count). The highest BCUT2D eigenvalue weighted by Gasteiger charge is 2.16. The molecule has 1 fully saturated rings. The van der Waals surface area contributed by atoms with Crippen LogP contribution in [0.25, 0.3) is 6.08 Å². The molecule has 7 nitrogen and oxygen atoms in total. The van der Waals surface area contributed by atoms with E-state index >= 15 is 0 Å². The minimum atomic E-state index is -0.505. The normalized spacial score (nSPS) is 14.0. The molecule has 1 amide bonds. The second-order valence-corrected chi connectivity index (χ2v) is 7.20. The molecule has 0 radical (unpaired) electrons. The summed E-state index contributed by atoms with van der Waals surface area (Å²) in [6, 6.07) is 22.4. The lowest BCUT2D eigenvalue weighted by molar-refractivity contribution is -0.112. The molecule has 0 unspecified atom stereocenters. The van der Waals surface area contributed by atoms with Gasteiger partial charge < -0.3 is 24.1 Å². The number of amides is 1. The summed E-state index contributed by atoms with van der Waals surface area (Å²) in [5.74, 6) is 1.33. The summed E-state index contributed by atoms with van der Waals surface area (Å²) in [4.78, 5) is 14.6. The van der Waals surface area contributed by atoms with Crippen molar-refractivity contribution in [2.24, 2.45) is 0 Å². The average molecular weight is 429 g/mol. The van der Waals surface area contributed by atoms with Gasteiger partial charge in [-0.05, 0) is 35.9 Å². The van der Waals surface area contributed by atoms with E-state index < -0.39 is 5.91 Å². The van der Waals surface area contributed by atoms with E-state index in [-0.39, 0.29) is 5.57 Å². The molecule has 3 aromatic rings. The molecular formula is C25H23N3O4. The Morgan fingerprint density at radius 2 is 1.81 bits per heavy atom. The Hall–Kier alpha value is -4.02. The van der Waals surface area contributed by atoms with Crippen molar-refractivity contribution in [2.45, 2.75) is 6.61 Å². The van der Waals surface area contributed by atoms with Crippen LogP contribution in [0.3, 0.4) is 0 Å². The molecule has 2 heterocycles. The number of benzene rings is 2. The zero-order valence-corrected chi connectivity index (χ0v) is 17.5. The first kappa shape index (κ1) is 21.2. The van der Waals surface area contributed by atoms with Gasteiger partial charge in [-0.1, -0.05) is 30.3 Å². The lowest BCUT2D eigenvalue weighted by Crippen LogP contribution is -2.35. The molecule has 162 valence electrons. The van der Waals surface area contributed by atoms with E-state index in [0.29, 0.717) is 42.9 Å². The molecule has 0 aliphatic carbocycles. The number of nitrogens with zero attached hydrogens (tertiary/aromatic N) is 2. The van der Waals surface area contributed by atoms with Crippen molar-refractivity contribution < 1.29 is 18.7 Å². The third-order valence-electron chi connectivity index (χ3n) is 4.95. The number of hydrogen-bond donors (Lipinski definition) is 1. The van der Waals surface area contributed by atoms with E-state index in [1.165, 1.54) is 6.08 Å². The van der Waals surface area contributed by atoms with Crippen LogP contribution in [0.4, 0.5) is 11.6 Å². The van der Waals surface area contributed by atoms with Gasteiger partial charge in [0.05, 0.1) is 13.2 Å². The van der Waals surface area contributed by atoms with Crippen LogP contribution in [0.2, 0.25) is 0 Å². The predicted molar refractivity (Wildman–Crippen MR) is 121 cm³/mol. The number of anilines is 2. The van der Waals surface area contributed by atoms with Crippen molar-refractivity contribution in [2.75, 3.05) is 36.5 Å². The van der Waals surface area contributed by atoms with E-state index in [0.717, 1.165) is 18.7 Å². The molecular weight excluding hydrogens is 406 g/mol. The summed E-state index contributed by atoms with van der Waals surface area (Å²) < 4.78 is 16.9. The van der Waals surface area contributed by atoms with Crippen LogP contribution in [0.5, 0.6) is 5.75 Å². The van der Waals surface area contributed by atoms with Gasteiger partial charge in [-0.15, -0.1) is 0 Å². The smallest absolute Gasteiger partial charge is 0.266 e. The van der Waals surface area contributed by atoms with Crippen molar-refractivity contribution in [3.8, 4) is 11.8 Å². The molecule has 0 bridgehead atoms. The summed E-state index contributed by atoms with van der Waals surface area (Å²) in [6.07, 6.45) is 1.44. The van der Waals surface area contributed by atoms with Crippen LogP contribution in [0.1, 0.15) is 11.3 Å². The van der Waals surface area contributed by atoms with Crippen LogP contribution >= 0.6 is 0 Å². The van der Waals surface area contributed by atoms with Gasteiger partial charge in [0.2, 0.25) is 0 Å². The van der Waals surface area contributed by atoms with Crippen molar-refractivity contribution in [3.63, 3.8) is 0 Å². The number of carbonyl (C=O) groups is 1. The highest BCUT2D eigenvalue weighted by Crippen LogP contribution is 2.22. The van der Waals surface area contributed by atoms with E-state index in [4.69, 9.17) is 13.9 Å². The molecule has 1 aliphatic rings. The number of furan rings is 1. The van der Waals surface area contributed by atoms with Crippen LogP contribution in [-0.2, 0) is 16.1 Å². The molecule has 1 aromatic heterocycles. The van der Waals surface area contributed by atoms with E-state index in [2.05, 4.69) is 10.2 Å². The Kier molecular flexibility index (Phi) is 6.85. The van der Waals surface area contributed by atoms with E-state index in [1.54, 1.807) is 30.3 Å². The third kappa shape index (κ3) is 5.56. The maximum Gasteiger partial charge on any atom is 0.266 e. The van der Waals surface area contributed by atoms with E-state index in [9.17, 15) is 10.1 Å². The SMILES string of the molecule is N#C/C(=C\c1ccc(N2CCOCC2)o1)C(=O)Nc1ccc(OCc2ccccc2)cc1. The Morgan fingerprint density at radius 1 is 1.06 bits per heavy atom. The van der Waals surface area contributed by atoms with Crippen molar-refractivity contribution >= 4 is 23.6 Å². The van der Waals surface area contributed by atoms with Gasteiger partial charge in [-0.3, -0.25) is 4.79 Å². The molecule has 1 aliphatic heterocycles. The summed E-state index contributed by atoms with van der Waals surface area (Å²) in [5, 5.41) is 12.2. The maximum absolute atomic E-state index is 12.6. The zero-order valence-electron chi connectivity index (χ0n) is 17.5. The number of ether oxygens (including phenoxy) is 2. The highest BCUT2D eigenvalue weighted by molar-refractivity contribution is 6.09. The van der Waals surface area contributed by atoms with Gasteiger partial charge >= 0.3 is 0 Å². The molecule has 0 spiro atoms. The molecule has 2 aromatic carbocycles. The van der Waals surface area contributed by atoms with Gasteiger partial charge in [0.15, 0.2) is 5.88 Å². The summed E-state index contributed by atoms with van der Waals surface area (Å²) >= 11 is 0. The number of nitrogens with one attached hydrogen (secondary N) is 1. The predicted octanol–water partition coefficient (Wildman–Crippen LogP) is 4.24. The fourth-order valence-corrected chi connectivity index (χ4v) is 3.24. The summed E-state index contributed by atoms with van der Waals surface area (Å²) in [7, 11) is 0. The minimum Gasteiger partial charge on any atom is -0.489 e. The second-order valence-electron chi connectivity index (χ2n) is 7.20. The zero-order chi connectivity index (χ0) is 22.2. The lowest BCUT2D eigenvalue weighted by atomic mass is 10.2. The number of hydrogen-bond acceptors (Lipinski definition) is 6. The number of rotatable bonds is 7. The summed E-state index contributed by atoms with van der Waals surface area (Å²) in [6.45, 7) is 3.24. The fourth-order valence-electron chi connectivity index (χ4n) is 3.24. The Balaban J connectivity index is 1.35. The van der Waals surface area contributed by atoms with Crippen LogP contribution in [-0.4, -0.2) is 32.2 Å². The first-order valence-electron chi connectivity index (χ1n) is 10.3. The van der Waals surface area contributed by atoms with Gasteiger partial charge in [-0.25, -0.2) is 0 Å². The van der Waals surface area contributed by atoms with Crippen molar-refractivity contribution in [3.05, 3.63) is 83.6 Å². The Labute approximate surface area is 186 Å². The standard InChI is InChI=1S/C25H23N3O4/c26-17-20(16-23-10-11-24(32-23)28-12-14-30-15-13-28)25(29)27-21-6-8-22(9-7-21)31-18-19-4-2-1-3-5-19/h1-11,16H,12-15,18H2,(H,27,29)/b20-16+. The van der Waals surface area contributed by atoms with Gasteiger partial charge in [0.25, 0.3) is 5.91 Å². The Morgan fingerprint density at radius 3 is 2.53 bits per heavy atom. The summed E-state index contributed by atoms with van der Waals surface area (Å²) in [5.41, 5.74) is 1.59. The van der Waals surface area contributed by atoms with Crippen LogP contribution in [0.15, 0.2) is 76.7 Å². The number of carbonyl (C=O) groups excluding carboxylic acids is 1. The minimum absolute atomic E-state index is 0.0442. The fraction of sp³-hybridized carbons (Fsp3) is 0.200. The van der Waals surface area contributed by atoms with Gasteiger partial charge in [-0.2, -0.15) is 5.26 Å². The molecule has 0 saturated carbocycles. The van der Waals surface area contributed by atoms with Gasteiger partial charge in [0, 0.05) is 30.9 Å². The molecule has 1 N–H and O–H groups in total. The number of nitriles is 1. The van der Waals surface area contributed by atoms with E-state index in [1.807, 2.05) is 42.5 Å². The first-order valence-corrected chi connectivity index (χ1v) is 10.3. The maximum atomic E-state index is 12.6. The third-order valence-corrected chi connectivity index (χ3v) is 4.95. The quantitative estimate of drug-likeness (QED) is 0.446. The topological polar surface area (TPSA) is 87.7 Å². The lowest BCUT2D eigenvalue weighted by Gasteiger charge is -2.26. The van der Waals surface area contributed by atoms with Crippen LogP contribution < -0.4 is 15.0 Å². The van der Waals surface area contributed by atoms with Crippen molar-refractivity contribution in [1.82, 2.24) is 0 Å². The molecule has 32 heavy (non-hydrogen) atoms. The second kappa shape index (κ2) is 10.3. The number of morpholine rings is 1. The van der Waals surface area contributed by atoms with Crippen LogP contribution in [0, 0.1) is 11.3 Å². The first-order chi connectivity index (χ1) is 15.7. The highest BCUT2D eigenvalue weighted by atomic mass is 16.5. The average Bonchev–Trinajstić information content (AvgIpc) is 3.32. The van der Waals surface area contributed by atoms with Crippen molar-refractivity contribution in [1.29, 1.82) is 5.26 Å². The Bertz CT molecular complexity index is 1110. The molecule has 1 saturated heterocycles.